The second-order valence-corrected chi connectivity index (χ2v) is 6.99. The van der Waals surface area contributed by atoms with Crippen LogP contribution in [0.3, 0.4) is 0 Å². The molecule has 3 N–H and O–H groups in total. The third kappa shape index (κ3) is 4.98. The summed E-state index contributed by atoms with van der Waals surface area (Å²) in [5, 5.41) is 14.6. The van der Waals surface area contributed by atoms with Gasteiger partial charge in [0.25, 0.3) is 5.91 Å². The van der Waals surface area contributed by atoms with E-state index < -0.39 is 17.9 Å². The fourth-order valence-electron chi connectivity index (χ4n) is 2.48. The van der Waals surface area contributed by atoms with E-state index in [1.165, 1.54) is 30.5 Å². The van der Waals surface area contributed by atoms with Crippen molar-refractivity contribution >= 4 is 41.1 Å². The molecule has 0 saturated carbocycles. The normalized spacial score (nSPS) is 14.5. The molecule has 3 amide bonds. The van der Waals surface area contributed by atoms with Crippen molar-refractivity contribution in [3.05, 3.63) is 23.8 Å². The number of anilines is 1. The summed E-state index contributed by atoms with van der Waals surface area (Å²) in [4.78, 5) is 49.0. The van der Waals surface area contributed by atoms with Gasteiger partial charge in [-0.25, -0.2) is 4.79 Å². The molecule has 26 heavy (non-hydrogen) atoms. The maximum Gasteiger partial charge on any atom is 0.326 e. The molecule has 1 heterocycles. The number of carboxylic acids is 1. The molecule has 1 aliphatic heterocycles. The first kappa shape index (κ1) is 19.8. The number of aliphatic carboxylic acids is 1. The van der Waals surface area contributed by atoms with E-state index in [4.69, 9.17) is 0 Å². The van der Waals surface area contributed by atoms with E-state index in [2.05, 4.69) is 10.6 Å². The summed E-state index contributed by atoms with van der Waals surface area (Å²) in [6.45, 7) is 2.97. The smallest absolute Gasteiger partial charge is 0.326 e. The number of hydrogen-bond acceptors (Lipinski definition) is 5. The number of rotatable bonds is 6. The lowest BCUT2D eigenvalue weighted by atomic mass is 10.1. The number of fused-ring (bicyclic) bond motifs is 1. The summed E-state index contributed by atoms with van der Waals surface area (Å²) in [6, 6.07) is 3.87. The van der Waals surface area contributed by atoms with E-state index in [9.17, 15) is 24.3 Å². The highest BCUT2D eigenvalue weighted by atomic mass is 32.2. The number of hydrogen-bond donors (Lipinski definition) is 3. The Labute approximate surface area is 155 Å². The van der Waals surface area contributed by atoms with Crippen molar-refractivity contribution < 1.29 is 24.3 Å². The highest BCUT2D eigenvalue weighted by Crippen LogP contribution is 2.31. The molecule has 1 atom stereocenters. The zero-order valence-corrected chi connectivity index (χ0v) is 15.4. The molecular formula is C17H21N3O5S. The van der Waals surface area contributed by atoms with Crippen molar-refractivity contribution in [2.45, 2.75) is 31.2 Å². The summed E-state index contributed by atoms with van der Waals surface area (Å²) in [6.07, 6.45) is 0.390. The highest BCUT2D eigenvalue weighted by molar-refractivity contribution is 7.99. The number of nitrogens with one attached hydrogen (secondary N) is 2. The van der Waals surface area contributed by atoms with Crippen molar-refractivity contribution in [3.63, 3.8) is 0 Å². The molecule has 1 aromatic carbocycles. The van der Waals surface area contributed by atoms with E-state index in [0.717, 1.165) is 4.90 Å². The van der Waals surface area contributed by atoms with Crippen LogP contribution in [0, 0.1) is 0 Å². The third-order valence-electron chi connectivity index (χ3n) is 3.90. The number of carbonyl (C=O) groups is 4. The van der Waals surface area contributed by atoms with Crippen LogP contribution in [0.15, 0.2) is 23.1 Å². The first-order valence-corrected chi connectivity index (χ1v) is 9.13. The van der Waals surface area contributed by atoms with Gasteiger partial charge < -0.3 is 20.6 Å². The first-order chi connectivity index (χ1) is 12.3. The molecule has 140 valence electrons. The summed E-state index contributed by atoms with van der Waals surface area (Å²) >= 11 is 1.52. The molecule has 0 radical (unpaired) electrons. The predicted octanol–water partition coefficient (Wildman–Crippen LogP) is 1.17. The fraction of sp³-hybridized carbons (Fsp3) is 0.412. The lowest BCUT2D eigenvalue weighted by molar-refractivity contribution is -0.141. The maximum absolute atomic E-state index is 12.9. The summed E-state index contributed by atoms with van der Waals surface area (Å²) < 4.78 is 0. The van der Waals surface area contributed by atoms with Crippen molar-refractivity contribution in [2.75, 3.05) is 24.2 Å². The maximum atomic E-state index is 12.9. The Morgan fingerprint density at radius 1 is 1.38 bits per heavy atom. The predicted molar refractivity (Wildman–Crippen MR) is 97.2 cm³/mol. The molecule has 0 aliphatic carbocycles. The van der Waals surface area contributed by atoms with Crippen LogP contribution >= 0.6 is 11.8 Å². The van der Waals surface area contributed by atoms with Crippen molar-refractivity contribution in [2.24, 2.45) is 0 Å². The topological polar surface area (TPSA) is 116 Å². The van der Waals surface area contributed by atoms with Gasteiger partial charge in [0, 0.05) is 42.6 Å². The summed E-state index contributed by atoms with van der Waals surface area (Å²) in [7, 11) is 0. The van der Waals surface area contributed by atoms with Gasteiger partial charge in [0.05, 0.1) is 5.69 Å². The molecule has 0 saturated heterocycles. The van der Waals surface area contributed by atoms with Gasteiger partial charge in [-0.2, -0.15) is 0 Å². The van der Waals surface area contributed by atoms with E-state index in [1.807, 2.05) is 0 Å². The molecule has 0 bridgehead atoms. The van der Waals surface area contributed by atoms with E-state index in [1.54, 1.807) is 18.2 Å². The molecular weight excluding hydrogens is 358 g/mol. The van der Waals surface area contributed by atoms with Gasteiger partial charge in [-0.3, -0.25) is 14.4 Å². The number of thioether (sulfide) groups is 1. The van der Waals surface area contributed by atoms with Crippen LogP contribution in [0.1, 0.15) is 30.6 Å². The molecule has 0 spiro atoms. The average Bonchev–Trinajstić information content (AvgIpc) is 2.77. The minimum atomic E-state index is -1.14. The Balaban J connectivity index is 2.25. The largest absolute Gasteiger partial charge is 0.480 e. The van der Waals surface area contributed by atoms with Crippen LogP contribution in [0.2, 0.25) is 0 Å². The summed E-state index contributed by atoms with van der Waals surface area (Å²) in [5.74, 6) is -1.34. The molecule has 0 aromatic heterocycles. The number of carbonyl (C=O) groups excluding carboxylic acids is 3. The highest BCUT2D eigenvalue weighted by Gasteiger charge is 2.27. The number of benzene rings is 1. The second-order valence-electron chi connectivity index (χ2n) is 5.85. The monoisotopic (exact) mass is 379 g/mol. The number of carboxylic acid groups (broad SMARTS) is 1. The molecule has 1 unspecified atom stereocenters. The molecule has 8 nitrogen and oxygen atoms in total. The van der Waals surface area contributed by atoms with Gasteiger partial charge >= 0.3 is 5.97 Å². The Bertz CT molecular complexity index is 737. The van der Waals surface area contributed by atoms with Crippen LogP contribution in [-0.4, -0.2) is 58.6 Å². The van der Waals surface area contributed by atoms with Crippen LogP contribution in [0.4, 0.5) is 5.69 Å². The Morgan fingerprint density at radius 2 is 2.12 bits per heavy atom. The zero-order valence-electron chi connectivity index (χ0n) is 14.6. The van der Waals surface area contributed by atoms with Gasteiger partial charge in [0.1, 0.15) is 6.04 Å². The van der Waals surface area contributed by atoms with E-state index >= 15 is 0 Å². The van der Waals surface area contributed by atoms with Crippen LogP contribution < -0.4 is 10.6 Å². The van der Waals surface area contributed by atoms with Crippen molar-refractivity contribution in [3.8, 4) is 0 Å². The Hall–Kier alpha value is -2.55. The van der Waals surface area contributed by atoms with Gasteiger partial charge in [-0.05, 0) is 25.1 Å². The van der Waals surface area contributed by atoms with Crippen LogP contribution in [-0.2, 0) is 14.4 Å². The second kappa shape index (κ2) is 8.70. The van der Waals surface area contributed by atoms with Crippen LogP contribution in [0.5, 0.6) is 0 Å². The minimum absolute atomic E-state index is 0.0596. The van der Waals surface area contributed by atoms with Gasteiger partial charge in [-0.15, -0.1) is 11.8 Å². The van der Waals surface area contributed by atoms with Gasteiger partial charge in [0.2, 0.25) is 11.8 Å². The third-order valence-corrected chi connectivity index (χ3v) is 4.97. The number of amides is 3. The van der Waals surface area contributed by atoms with Gasteiger partial charge in [0.15, 0.2) is 0 Å². The molecule has 2 rings (SSSR count). The summed E-state index contributed by atoms with van der Waals surface area (Å²) in [5.41, 5.74) is 0.829. The van der Waals surface area contributed by atoms with E-state index in [-0.39, 0.29) is 30.5 Å². The van der Waals surface area contributed by atoms with Crippen molar-refractivity contribution in [1.82, 2.24) is 10.2 Å². The molecule has 1 aliphatic rings. The van der Waals surface area contributed by atoms with Gasteiger partial charge in [-0.1, -0.05) is 0 Å². The molecule has 1 aromatic rings. The standard InChI is InChI=1S/C17H21N3O5S/c1-10(17(24)25)20(7-6-18-11(2)21)16(23)12-3-4-14-13(9-12)19-15(22)5-8-26-14/h3-4,9-10H,5-8H2,1-2H3,(H,18,21)(H,19,22)(H,24,25). The first-order valence-electron chi connectivity index (χ1n) is 8.14. The zero-order chi connectivity index (χ0) is 19.3. The average molecular weight is 379 g/mol. The molecule has 0 fully saturated rings. The van der Waals surface area contributed by atoms with E-state index in [0.29, 0.717) is 17.9 Å². The van der Waals surface area contributed by atoms with Crippen LogP contribution in [0.25, 0.3) is 0 Å². The lowest BCUT2D eigenvalue weighted by Gasteiger charge is -2.27. The Kier molecular flexibility index (Phi) is 6.62. The minimum Gasteiger partial charge on any atom is -0.480 e. The SMILES string of the molecule is CC(=O)NCCN(C(=O)c1ccc2c(c1)NC(=O)CCS2)C(C)C(=O)O. The lowest BCUT2D eigenvalue weighted by Crippen LogP contribution is -2.46. The molecule has 9 heteroatoms. The fourth-order valence-corrected chi connectivity index (χ4v) is 3.41. The number of nitrogens with zero attached hydrogens (tertiary/aromatic N) is 1. The quantitative estimate of drug-likeness (QED) is 0.683. The van der Waals surface area contributed by atoms with Crippen molar-refractivity contribution in [1.29, 1.82) is 0 Å². The Morgan fingerprint density at radius 3 is 2.77 bits per heavy atom.